The monoisotopic (exact) mass is 480 g/mol. The highest BCUT2D eigenvalue weighted by atomic mass is 32.2. The van der Waals surface area contributed by atoms with E-state index in [-0.39, 0.29) is 18.0 Å². The summed E-state index contributed by atoms with van der Waals surface area (Å²) in [6.07, 6.45) is 10.6. The number of fused-ring (bicyclic) bond motifs is 1. The number of carbonyl (C=O) groups is 1. The molecule has 0 atom stereocenters. The Balaban J connectivity index is 1.57. The molecule has 0 N–H and O–H groups in total. The van der Waals surface area contributed by atoms with Gasteiger partial charge in [-0.2, -0.15) is 0 Å². The number of anilines is 1. The second-order valence-corrected chi connectivity index (χ2v) is 10.0. The minimum absolute atomic E-state index is 0.199. The Labute approximate surface area is 201 Å². The summed E-state index contributed by atoms with van der Waals surface area (Å²) in [6, 6.07) is 9.39. The first-order valence-electron chi connectivity index (χ1n) is 11.0. The minimum atomic E-state index is -0.231. The lowest BCUT2D eigenvalue weighted by Gasteiger charge is -2.33. The van der Waals surface area contributed by atoms with E-state index in [1.807, 2.05) is 19.2 Å². The molecule has 2 aliphatic rings. The quantitative estimate of drug-likeness (QED) is 0.394. The molecule has 1 aliphatic heterocycles. The van der Waals surface area contributed by atoms with E-state index in [2.05, 4.69) is 4.90 Å². The number of aromatic nitrogens is 2. The van der Waals surface area contributed by atoms with Gasteiger partial charge in [-0.15, -0.1) is 0 Å². The highest BCUT2D eigenvalue weighted by molar-refractivity contribution is 8.26. The van der Waals surface area contributed by atoms with Gasteiger partial charge in [-0.25, -0.2) is 4.98 Å². The van der Waals surface area contributed by atoms with Crippen molar-refractivity contribution in [3.05, 3.63) is 69.4 Å². The Morgan fingerprint density at radius 1 is 1.21 bits per heavy atom. The summed E-state index contributed by atoms with van der Waals surface area (Å²) in [5, 5.41) is 0. The Morgan fingerprint density at radius 3 is 2.79 bits per heavy atom. The summed E-state index contributed by atoms with van der Waals surface area (Å²) in [5.74, 6) is 1.03. The number of carbonyl (C=O) groups excluding carboxylic acids is 1. The number of pyridine rings is 1. The van der Waals surface area contributed by atoms with E-state index in [1.165, 1.54) is 40.3 Å². The Hall–Kier alpha value is -2.91. The van der Waals surface area contributed by atoms with Crippen LogP contribution in [-0.4, -0.2) is 37.6 Å². The normalized spacial score (nSPS) is 18.6. The lowest BCUT2D eigenvalue weighted by Crippen LogP contribution is -2.36. The molecular formula is C24H24N4O3S2. The molecule has 170 valence electrons. The predicted molar refractivity (Wildman–Crippen MR) is 134 cm³/mol. The number of amides is 1. The molecule has 9 heteroatoms. The number of furan rings is 1. The van der Waals surface area contributed by atoms with Crippen LogP contribution < -0.4 is 10.5 Å². The molecule has 2 fully saturated rings. The number of thiocarbonyl (C=S) groups is 1. The topological polar surface area (TPSA) is 71.1 Å². The van der Waals surface area contributed by atoms with Gasteiger partial charge in [0.1, 0.15) is 21.5 Å². The van der Waals surface area contributed by atoms with Crippen LogP contribution in [0.1, 0.15) is 43.4 Å². The first-order chi connectivity index (χ1) is 16.0. The van der Waals surface area contributed by atoms with Gasteiger partial charge in [0.15, 0.2) is 0 Å². The first kappa shape index (κ1) is 21.9. The van der Waals surface area contributed by atoms with Crippen LogP contribution in [0.15, 0.2) is 56.9 Å². The molecule has 3 aromatic rings. The Bertz CT molecular complexity index is 1290. The van der Waals surface area contributed by atoms with Gasteiger partial charge in [-0.05, 0) is 43.2 Å². The Morgan fingerprint density at radius 2 is 2.03 bits per heavy atom. The van der Waals surface area contributed by atoms with Crippen LogP contribution in [0.2, 0.25) is 0 Å². The summed E-state index contributed by atoms with van der Waals surface area (Å²) >= 11 is 6.66. The van der Waals surface area contributed by atoms with Crippen molar-refractivity contribution in [3.63, 3.8) is 0 Å². The summed E-state index contributed by atoms with van der Waals surface area (Å²) in [6.45, 7) is 0.263. The van der Waals surface area contributed by atoms with E-state index >= 15 is 0 Å². The highest BCUT2D eigenvalue weighted by Crippen LogP contribution is 2.35. The molecule has 1 aliphatic carbocycles. The Kier molecular flexibility index (Phi) is 6.07. The van der Waals surface area contributed by atoms with Gasteiger partial charge >= 0.3 is 0 Å². The summed E-state index contributed by atoms with van der Waals surface area (Å²) in [5.41, 5.74) is 0.794. The third kappa shape index (κ3) is 4.22. The number of hydrogen-bond donors (Lipinski definition) is 0. The van der Waals surface area contributed by atoms with Crippen LogP contribution in [0, 0.1) is 0 Å². The minimum Gasteiger partial charge on any atom is -0.467 e. The zero-order chi connectivity index (χ0) is 22.9. The van der Waals surface area contributed by atoms with Crippen LogP contribution in [-0.2, 0) is 11.3 Å². The molecule has 0 unspecified atom stereocenters. The van der Waals surface area contributed by atoms with Crippen molar-refractivity contribution in [1.82, 2.24) is 14.3 Å². The lowest BCUT2D eigenvalue weighted by atomic mass is 9.94. The van der Waals surface area contributed by atoms with Gasteiger partial charge < -0.3 is 9.32 Å². The molecule has 0 radical (unpaired) electrons. The molecule has 1 amide bonds. The molecule has 1 saturated heterocycles. The van der Waals surface area contributed by atoms with Gasteiger partial charge in [0.05, 0.1) is 23.3 Å². The van der Waals surface area contributed by atoms with Crippen LogP contribution in [0.4, 0.5) is 5.82 Å². The molecule has 4 heterocycles. The van der Waals surface area contributed by atoms with E-state index in [1.54, 1.807) is 36.7 Å². The largest absolute Gasteiger partial charge is 0.467 e. The van der Waals surface area contributed by atoms with Crippen LogP contribution in [0.5, 0.6) is 0 Å². The fraction of sp³-hybridized carbons (Fsp3) is 0.333. The standard InChI is InChI=1S/C24H24N4O3S2/c1-26(16-8-3-2-4-9-16)21-18(22(29)27-12-6-5-11-20(27)25-21)14-19-23(30)28(24(32)33-19)15-17-10-7-13-31-17/h5-7,10-14,16H,2-4,8-9,15H2,1H3. The fourth-order valence-electron chi connectivity index (χ4n) is 4.45. The summed E-state index contributed by atoms with van der Waals surface area (Å²) in [7, 11) is 2.00. The van der Waals surface area contributed by atoms with Gasteiger partial charge in [0.25, 0.3) is 11.5 Å². The number of rotatable bonds is 5. The third-order valence-electron chi connectivity index (χ3n) is 6.25. The highest BCUT2D eigenvalue weighted by Gasteiger charge is 2.33. The molecule has 0 bridgehead atoms. The van der Waals surface area contributed by atoms with E-state index in [0.717, 1.165) is 12.8 Å². The van der Waals surface area contributed by atoms with Crippen LogP contribution >= 0.6 is 24.0 Å². The van der Waals surface area contributed by atoms with E-state index in [9.17, 15) is 9.59 Å². The summed E-state index contributed by atoms with van der Waals surface area (Å²) in [4.78, 5) is 35.6. The second kappa shape index (κ2) is 9.15. The third-order valence-corrected chi connectivity index (χ3v) is 7.63. The fourth-order valence-corrected chi connectivity index (χ4v) is 5.69. The SMILES string of the molecule is CN(c1nc2ccccn2c(=O)c1C=C1SC(=S)N(Cc2ccco2)C1=O)C1CCCCC1. The van der Waals surface area contributed by atoms with Gasteiger partial charge in [-0.3, -0.25) is 18.9 Å². The average molecular weight is 481 g/mol. The van der Waals surface area contributed by atoms with Crippen molar-refractivity contribution in [1.29, 1.82) is 0 Å². The smallest absolute Gasteiger partial charge is 0.267 e. The van der Waals surface area contributed by atoms with Gasteiger partial charge in [0.2, 0.25) is 0 Å². The van der Waals surface area contributed by atoms with Crippen molar-refractivity contribution >= 4 is 51.7 Å². The molecule has 0 aromatic carbocycles. The summed E-state index contributed by atoms with van der Waals surface area (Å²) < 4.78 is 7.34. The van der Waals surface area contributed by atoms with Gasteiger partial charge in [0, 0.05) is 19.3 Å². The van der Waals surface area contributed by atoms with Crippen LogP contribution in [0.3, 0.4) is 0 Å². The maximum Gasteiger partial charge on any atom is 0.267 e. The van der Waals surface area contributed by atoms with Crippen molar-refractivity contribution in [2.45, 2.75) is 44.7 Å². The lowest BCUT2D eigenvalue weighted by molar-refractivity contribution is -0.122. The van der Waals surface area contributed by atoms with Gasteiger partial charge in [-0.1, -0.05) is 49.3 Å². The van der Waals surface area contributed by atoms with Crippen molar-refractivity contribution in [2.24, 2.45) is 0 Å². The van der Waals surface area contributed by atoms with E-state index in [0.29, 0.717) is 38.1 Å². The predicted octanol–water partition coefficient (Wildman–Crippen LogP) is 4.46. The zero-order valence-electron chi connectivity index (χ0n) is 18.3. The zero-order valence-corrected chi connectivity index (χ0v) is 19.9. The molecule has 3 aromatic heterocycles. The number of hydrogen-bond acceptors (Lipinski definition) is 7. The van der Waals surface area contributed by atoms with Crippen molar-refractivity contribution in [3.8, 4) is 0 Å². The second-order valence-electron chi connectivity index (χ2n) is 8.33. The maximum absolute atomic E-state index is 13.5. The van der Waals surface area contributed by atoms with E-state index in [4.69, 9.17) is 21.6 Å². The molecule has 33 heavy (non-hydrogen) atoms. The average Bonchev–Trinajstić information content (AvgIpc) is 3.45. The molecular weight excluding hydrogens is 456 g/mol. The van der Waals surface area contributed by atoms with Crippen molar-refractivity contribution < 1.29 is 9.21 Å². The first-order valence-corrected chi connectivity index (χ1v) is 12.3. The number of thioether (sulfide) groups is 1. The van der Waals surface area contributed by atoms with Crippen LogP contribution in [0.25, 0.3) is 11.7 Å². The molecule has 5 rings (SSSR count). The maximum atomic E-state index is 13.5. The van der Waals surface area contributed by atoms with Crippen molar-refractivity contribution in [2.75, 3.05) is 11.9 Å². The molecule has 1 saturated carbocycles. The van der Waals surface area contributed by atoms with E-state index < -0.39 is 0 Å². The molecule has 0 spiro atoms. The number of nitrogens with zero attached hydrogens (tertiary/aromatic N) is 4. The molecule has 7 nitrogen and oxygen atoms in total.